The number of likely N-dealkylation sites (tertiary alicyclic amines) is 1. The molecule has 24 heavy (non-hydrogen) atoms. The van der Waals surface area contributed by atoms with E-state index in [4.69, 9.17) is 0 Å². The smallest absolute Gasteiger partial charge is 0.227 e. The average Bonchev–Trinajstić information content (AvgIpc) is 3.29. The molecule has 0 aromatic carbocycles. The van der Waals surface area contributed by atoms with Crippen molar-refractivity contribution in [3.63, 3.8) is 0 Å². The fourth-order valence-electron chi connectivity index (χ4n) is 3.49. The molecule has 0 radical (unpaired) electrons. The minimum Gasteiger partial charge on any atom is -0.309 e. The van der Waals surface area contributed by atoms with Crippen molar-refractivity contribution in [3.8, 4) is 0 Å². The van der Waals surface area contributed by atoms with E-state index >= 15 is 0 Å². The minimum atomic E-state index is 0.209. The molecule has 2 fully saturated rings. The summed E-state index contributed by atoms with van der Waals surface area (Å²) in [5, 5.41) is 4.50. The number of hydrogen-bond donors (Lipinski definition) is 0. The SMILES string of the molecule is Cc1cnc(CN2CCC(n3cc(N4CCCC4=O)cn3)C2)cn1. The highest BCUT2D eigenvalue weighted by atomic mass is 16.2. The second kappa shape index (κ2) is 6.32. The van der Waals surface area contributed by atoms with Crippen LogP contribution in [0.15, 0.2) is 24.8 Å². The third kappa shape index (κ3) is 3.03. The van der Waals surface area contributed by atoms with E-state index in [-0.39, 0.29) is 5.91 Å². The molecular formula is C17H22N6O. The van der Waals surface area contributed by atoms with E-state index in [1.807, 2.05) is 41.3 Å². The maximum absolute atomic E-state index is 11.9. The van der Waals surface area contributed by atoms with Crippen molar-refractivity contribution in [2.45, 2.75) is 38.8 Å². The number of carbonyl (C=O) groups excluding carboxylic acids is 1. The predicted octanol–water partition coefficient (Wildman–Crippen LogP) is 1.56. The first-order valence-corrected chi connectivity index (χ1v) is 8.53. The van der Waals surface area contributed by atoms with Crippen molar-refractivity contribution in [1.29, 1.82) is 0 Å². The lowest BCUT2D eigenvalue weighted by Crippen LogP contribution is -2.23. The third-order valence-electron chi connectivity index (χ3n) is 4.81. The number of nitrogens with zero attached hydrogens (tertiary/aromatic N) is 6. The summed E-state index contributed by atoms with van der Waals surface area (Å²) >= 11 is 0. The van der Waals surface area contributed by atoms with Gasteiger partial charge in [0, 0.05) is 51.2 Å². The van der Waals surface area contributed by atoms with Crippen LogP contribution in [0.4, 0.5) is 5.69 Å². The fraction of sp³-hybridized carbons (Fsp3) is 0.529. The molecule has 4 rings (SSSR count). The molecule has 0 aliphatic carbocycles. The van der Waals surface area contributed by atoms with Gasteiger partial charge in [0.1, 0.15) is 0 Å². The highest BCUT2D eigenvalue weighted by molar-refractivity contribution is 5.95. The van der Waals surface area contributed by atoms with Crippen LogP contribution >= 0.6 is 0 Å². The molecule has 2 aliphatic heterocycles. The highest BCUT2D eigenvalue weighted by Crippen LogP contribution is 2.26. The van der Waals surface area contributed by atoms with Gasteiger partial charge in [0.15, 0.2) is 0 Å². The molecule has 2 saturated heterocycles. The van der Waals surface area contributed by atoms with E-state index < -0.39 is 0 Å². The lowest BCUT2D eigenvalue weighted by molar-refractivity contribution is -0.117. The van der Waals surface area contributed by atoms with Gasteiger partial charge in [0.25, 0.3) is 0 Å². The Morgan fingerprint density at radius 2 is 2.12 bits per heavy atom. The maximum Gasteiger partial charge on any atom is 0.227 e. The van der Waals surface area contributed by atoms with E-state index in [1.54, 1.807) is 0 Å². The summed E-state index contributed by atoms with van der Waals surface area (Å²) in [6.07, 6.45) is 10.2. The first kappa shape index (κ1) is 15.3. The van der Waals surface area contributed by atoms with E-state index in [0.29, 0.717) is 12.5 Å². The molecule has 1 amide bonds. The van der Waals surface area contributed by atoms with Gasteiger partial charge in [0.2, 0.25) is 5.91 Å². The summed E-state index contributed by atoms with van der Waals surface area (Å²) in [7, 11) is 0. The molecule has 0 saturated carbocycles. The van der Waals surface area contributed by atoms with Crippen molar-refractivity contribution >= 4 is 11.6 Å². The fourth-order valence-corrected chi connectivity index (χ4v) is 3.49. The Hall–Kier alpha value is -2.28. The summed E-state index contributed by atoms with van der Waals surface area (Å²) < 4.78 is 2.02. The van der Waals surface area contributed by atoms with Gasteiger partial charge in [-0.3, -0.25) is 24.3 Å². The molecule has 2 aromatic heterocycles. The molecule has 0 bridgehead atoms. The molecule has 0 N–H and O–H groups in total. The van der Waals surface area contributed by atoms with E-state index in [1.165, 1.54) is 0 Å². The molecule has 7 heteroatoms. The average molecular weight is 326 g/mol. The summed E-state index contributed by atoms with van der Waals surface area (Å²) in [5.41, 5.74) is 2.88. The third-order valence-corrected chi connectivity index (χ3v) is 4.81. The molecule has 1 atom stereocenters. The number of anilines is 1. The van der Waals surface area contributed by atoms with Crippen LogP contribution in [-0.4, -0.2) is 50.2 Å². The van der Waals surface area contributed by atoms with Crippen molar-refractivity contribution in [3.05, 3.63) is 36.2 Å². The van der Waals surface area contributed by atoms with Crippen LogP contribution in [0.1, 0.15) is 36.7 Å². The Kier molecular flexibility index (Phi) is 4.02. The first-order valence-electron chi connectivity index (χ1n) is 8.53. The lowest BCUT2D eigenvalue weighted by Gasteiger charge is -2.16. The van der Waals surface area contributed by atoms with Crippen molar-refractivity contribution in [1.82, 2.24) is 24.6 Å². The molecule has 0 spiro atoms. The Labute approximate surface area is 141 Å². The van der Waals surface area contributed by atoms with Gasteiger partial charge in [-0.05, 0) is 19.8 Å². The Morgan fingerprint density at radius 1 is 1.21 bits per heavy atom. The zero-order valence-electron chi connectivity index (χ0n) is 13.9. The van der Waals surface area contributed by atoms with Crippen LogP contribution in [0.25, 0.3) is 0 Å². The van der Waals surface area contributed by atoms with Gasteiger partial charge in [-0.1, -0.05) is 0 Å². The van der Waals surface area contributed by atoms with Gasteiger partial charge in [-0.15, -0.1) is 0 Å². The number of rotatable bonds is 4. The molecule has 1 unspecified atom stereocenters. The first-order chi connectivity index (χ1) is 11.7. The largest absolute Gasteiger partial charge is 0.309 e. The van der Waals surface area contributed by atoms with Crippen LogP contribution in [0.5, 0.6) is 0 Å². The number of amides is 1. The van der Waals surface area contributed by atoms with Crippen LogP contribution in [-0.2, 0) is 11.3 Å². The predicted molar refractivity (Wildman–Crippen MR) is 89.5 cm³/mol. The highest BCUT2D eigenvalue weighted by Gasteiger charge is 2.27. The van der Waals surface area contributed by atoms with E-state index in [9.17, 15) is 4.79 Å². The second-order valence-electron chi connectivity index (χ2n) is 6.65. The van der Waals surface area contributed by atoms with Gasteiger partial charge in [-0.25, -0.2) is 0 Å². The Bertz CT molecular complexity index is 725. The Morgan fingerprint density at radius 3 is 2.88 bits per heavy atom. The summed E-state index contributed by atoms with van der Waals surface area (Å²) in [4.78, 5) is 24.8. The topological polar surface area (TPSA) is 67.2 Å². The minimum absolute atomic E-state index is 0.209. The van der Waals surface area contributed by atoms with Gasteiger partial charge in [-0.2, -0.15) is 5.10 Å². The van der Waals surface area contributed by atoms with Gasteiger partial charge >= 0.3 is 0 Å². The number of aromatic nitrogens is 4. The molecule has 2 aliphatic rings. The van der Waals surface area contributed by atoms with Crippen molar-refractivity contribution < 1.29 is 4.79 Å². The molecule has 2 aromatic rings. The standard InChI is InChI=1S/C17H22N6O/c1-13-7-19-14(8-18-13)10-21-6-4-15(11-21)23-12-16(9-20-23)22-5-2-3-17(22)24/h7-9,12,15H,2-6,10-11H2,1H3. The van der Waals surface area contributed by atoms with E-state index in [0.717, 1.165) is 56.1 Å². The number of hydrogen-bond acceptors (Lipinski definition) is 5. The van der Waals surface area contributed by atoms with Crippen LogP contribution in [0.3, 0.4) is 0 Å². The molecular weight excluding hydrogens is 304 g/mol. The Balaban J connectivity index is 1.39. The van der Waals surface area contributed by atoms with Crippen molar-refractivity contribution in [2.75, 3.05) is 24.5 Å². The lowest BCUT2D eigenvalue weighted by atomic mass is 10.3. The monoisotopic (exact) mass is 326 g/mol. The zero-order chi connectivity index (χ0) is 16.5. The molecule has 4 heterocycles. The number of aryl methyl sites for hydroxylation is 1. The van der Waals surface area contributed by atoms with Gasteiger partial charge in [0.05, 0.1) is 29.3 Å². The number of carbonyl (C=O) groups is 1. The van der Waals surface area contributed by atoms with Crippen LogP contribution < -0.4 is 4.90 Å². The van der Waals surface area contributed by atoms with Crippen LogP contribution in [0.2, 0.25) is 0 Å². The molecule has 7 nitrogen and oxygen atoms in total. The van der Waals surface area contributed by atoms with Gasteiger partial charge < -0.3 is 4.90 Å². The van der Waals surface area contributed by atoms with Crippen molar-refractivity contribution in [2.24, 2.45) is 0 Å². The van der Waals surface area contributed by atoms with Crippen LogP contribution in [0, 0.1) is 6.92 Å². The molecule has 126 valence electrons. The van der Waals surface area contributed by atoms with E-state index in [2.05, 4.69) is 20.0 Å². The normalized spacial score (nSPS) is 21.8. The summed E-state index contributed by atoms with van der Waals surface area (Å²) in [6.45, 7) is 5.56. The quantitative estimate of drug-likeness (QED) is 0.853. The summed E-state index contributed by atoms with van der Waals surface area (Å²) in [5.74, 6) is 0.209. The maximum atomic E-state index is 11.9. The zero-order valence-corrected chi connectivity index (χ0v) is 13.9. The summed E-state index contributed by atoms with van der Waals surface area (Å²) in [6, 6.07) is 0.356. The second-order valence-corrected chi connectivity index (χ2v) is 6.65.